The number of rotatable bonds is 5. The Hall–Kier alpha value is -0.120. The molecule has 1 rings (SSSR count). The first-order valence-corrected chi connectivity index (χ1v) is 5.77. The Morgan fingerprint density at radius 1 is 1.57 bits per heavy atom. The van der Waals surface area contributed by atoms with Gasteiger partial charge in [-0.3, -0.25) is 4.90 Å². The van der Waals surface area contributed by atoms with Crippen molar-refractivity contribution in [2.24, 2.45) is 0 Å². The summed E-state index contributed by atoms with van der Waals surface area (Å²) in [5.41, 5.74) is 0. The molecule has 2 unspecified atom stereocenters. The zero-order chi connectivity index (χ0) is 10.4. The molecule has 1 aliphatic heterocycles. The summed E-state index contributed by atoms with van der Waals surface area (Å²) < 4.78 is 5.52. The number of nitrogens with one attached hydrogen (secondary N) is 1. The Kier molecular flexibility index (Phi) is 5.45. The topological polar surface area (TPSA) is 24.5 Å². The Morgan fingerprint density at radius 3 is 2.93 bits per heavy atom. The van der Waals surface area contributed by atoms with Gasteiger partial charge in [-0.05, 0) is 20.4 Å². The molecule has 3 nitrogen and oxygen atoms in total. The molecular formula is C11H24N2O. The molecule has 0 aromatic heterocycles. The lowest BCUT2D eigenvalue weighted by Crippen LogP contribution is -2.47. The lowest BCUT2D eigenvalue weighted by Gasteiger charge is -2.33. The summed E-state index contributed by atoms with van der Waals surface area (Å²) in [6.45, 7) is 8.63. The van der Waals surface area contributed by atoms with E-state index in [1.165, 1.54) is 12.8 Å². The highest BCUT2D eigenvalue weighted by Crippen LogP contribution is 2.06. The smallest absolute Gasteiger partial charge is 0.0674 e. The third-order valence-corrected chi connectivity index (χ3v) is 2.85. The summed E-state index contributed by atoms with van der Waals surface area (Å²) in [6, 6.07) is 0.644. The highest BCUT2D eigenvalue weighted by atomic mass is 16.5. The van der Waals surface area contributed by atoms with Crippen molar-refractivity contribution in [3.05, 3.63) is 0 Å². The maximum Gasteiger partial charge on any atom is 0.0674 e. The first kappa shape index (κ1) is 12.0. The van der Waals surface area contributed by atoms with Crippen LogP contribution in [0.5, 0.6) is 0 Å². The van der Waals surface area contributed by atoms with Crippen LogP contribution in [0.1, 0.15) is 26.7 Å². The molecule has 1 aliphatic rings. The summed E-state index contributed by atoms with van der Waals surface area (Å²) in [6.07, 6.45) is 2.93. The van der Waals surface area contributed by atoms with Crippen molar-refractivity contribution >= 4 is 0 Å². The van der Waals surface area contributed by atoms with Crippen molar-refractivity contribution in [3.63, 3.8) is 0 Å². The van der Waals surface area contributed by atoms with Crippen LogP contribution in [0.15, 0.2) is 0 Å². The van der Waals surface area contributed by atoms with Gasteiger partial charge >= 0.3 is 0 Å². The fraction of sp³-hybridized carbons (Fsp3) is 1.00. The molecular weight excluding hydrogens is 176 g/mol. The summed E-state index contributed by atoms with van der Waals surface area (Å²) in [7, 11) is 2.06. The van der Waals surface area contributed by atoms with Crippen LogP contribution >= 0.6 is 0 Å². The molecule has 14 heavy (non-hydrogen) atoms. The molecule has 84 valence electrons. The van der Waals surface area contributed by atoms with E-state index in [1.54, 1.807) is 0 Å². The van der Waals surface area contributed by atoms with E-state index in [0.717, 1.165) is 26.2 Å². The normalized spacial score (nSPS) is 26.4. The van der Waals surface area contributed by atoms with Crippen LogP contribution in [0.2, 0.25) is 0 Å². The Bertz CT molecular complexity index is 152. The molecule has 0 aliphatic carbocycles. The molecule has 3 heteroatoms. The number of ether oxygens (including phenoxy) is 1. The molecule has 0 radical (unpaired) electrons. The van der Waals surface area contributed by atoms with Crippen molar-refractivity contribution in [3.8, 4) is 0 Å². The maximum atomic E-state index is 5.52. The highest BCUT2D eigenvalue weighted by molar-refractivity contribution is 4.74. The van der Waals surface area contributed by atoms with Gasteiger partial charge in [0.2, 0.25) is 0 Å². The van der Waals surface area contributed by atoms with Gasteiger partial charge in [-0.1, -0.05) is 13.3 Å². The zero-order valence-corrected chi connectivity index (χ0v) is 9.75. The van der Waals surface area contributed by atoms with Gasteiger partial charge in [0.1, 0.15) is 0 Å². The van der Waals surface area contributed by atoms with E-state index >= 15 is 0 Å². The van der Waals surface area contributed by atoms with Crippen molar-refractivity contribution in [2.75, 3.05) is 33.3 Å². The third-order valence-electron chi connectivity index (χ3n) is 2.85. The van der Waals surface area contributed by atoms with Crippen LogP contribution in [0.3, 0.4) is 0 Å². The zero-order valence-electron chi connectivity index (χ0n) is 9.75. The minimum Gasteiger partial charge on any atom is -0.376 e. The van der Waals surface area contributed by atoms with Gasteiger partial charge in [-0.15, -0.1) is 0 Å². The molecule has 0 amide bonds. The van der Waals surface area contributed by atoms with Crippen LogP contribution < -0.4 is 5.32 Å². The van der Waals surface area contributed by atoms with Crippen LogP contribution in [0.4, 0.5) is 0 Å². The largest absolute Gasteiger partial charge is 0.376 e. The fourth-order valence-electron chi connectivity index (χ4n) is 2.04. The molecule has 0 aromatic carbocycles. The molecule has 1 N–H and O–H groups in total. The Balaban J connectivity index is 2.26. The molecule has 1 heterocycles. The van der Waals surface area contributed by atoms with Gasteiger partial charge in [0.05, 0.1) is 12.7 Å². The van der Waals surface area contributed by atoms with E-state index in [0.29, 0.717) is 12.1 Å². The quantitative estimate of drug-likeness (QED) is 0.719. The number of hydrogen-bond donors (Lipinski definition) is 1. The second-order valence-corrected chi connectivity index (χ2v) is 4.22. The second-order valence-electron chi connectivity index (χ2n) is 4.22. The third kappa shape index (κ3) is 3.95. The minimum absolute atomic E-state index is 0.405. The van der Waals surface area contributed by atoms with Gasteiger partial charge in [-0.2, -0.15) is 0 Å². The van der Waals surface area contributed by atoms with E-state index in [9.17, 15) is 0 Å². The molecule has 0 bridgehead atoms. The fourth-order valence-corrected chi connectivity index (χ4v) is 2.04. The van der Waals surface area contributed by atoms with E-state index in [1.807, 2.05) is 0 Å². The van der Waals surface area contributed by atoms with Crippen LogP contribution in [-0.4, -0.2) is 50.3 Å². The van der Waals surface area contributed by atoms with Crippen molar-refractivity contribution < 1.29 is 4.74 Å². The average molecular weight is 200 g/mol. The van der Waals surface area contributed by atoms with Crippen molar-refractivity contribution in [1.82, 2.24) is 10.2 Å². The predicted molar refractivity (Wildman–Crippen MR) is 59.6 cm³/mol. The lowest BCUT2D eigenvalue weighted by molar-refractivity contribution is -0.0210. The van der Waals surface area contributed by atoms with E-state index in [-0.39, 0.29) is 0 Å². The Labute approximate surface area is 87.8 Å². The van der Waals surface area contributed by atoms with Gasteiger partial charge in [0, 0.05) is 25.7 Å². The predicted octanol–water partition coefficient (Wildman–Crippen LogP) is 1.10. The standard InChI is InChI=1S/C11H24N2O/c1-4-5-11(12-3)9-13-6-7-14-10(2)8-13/h10-12H,4-9H2,1-3H3. The molecule has 1 saturated heterocycles. The van der Waals surface area contributed by atoms with Gasteiger partial charge in [0.15, 0.2) is 0 Å². The monoisotopic (exact) mass is 200 g/mol. The van der Waals surface area contributed by atoms with E-state index < -0.39 is 0 Å². The first-order valence-electron chi connectivity index (χ1n) is 5.77. The molecule has 1 fully saturated rings. The summed E-state index contributed by atoms with van der Waals surface area (Å²) in [4.78, 5) is 2.50. The van der Waals surface area contributed by atoms with Gasteiger partial charge < -0.3 is 10.1 Å². The maximum absolute atomic E-state index is 5.52. The molecule has 0 aromatic rings. The average Bonchev–Trinajstić information content (AvgIpc) is 2.17. The van der Waals surface area contributed by atoms with Crippen molar-refractivity contribution in [2.45, 2.75) is 38.8 Å². The minimum atomic E-state index is 0.405. The number of likely N-dealkylation sites (N-methyl/N-ethyl adjacent to an activating group) is 1. The molecule has 0 saturated carbocycles. The summed E-state index contributed by atoms with van der Waals surface area (Å²) >= 11 is 0. The van der Waals surface area contributed by atoms with E-state index in [2.05, 4.69) is 31.1 Å². The molecule has 0 spiro atoms. The van der Waals surface area contributed by atoms with Crippen LogP contribution in [0.25, 0.3) is 0 Å². The lowest BCUT2D eigenvalue weighted by atomic mass is 10.1. The SMILES string of the molecule is CCCC(CN1CCOC(C)C1)NC. The number of nitrogens with zero attached hydrogens (tertiary/aromatic N) is 1. The van der Waals surface area contributed by atoms with E-state index in [4.69, 9.17) is 4.74 Å². The van der Waals surface area contributed by atoms with Crippen LogP contribution in [0, 0.1) is 0 Å². The van der Waals surface area contributed by atoms with Crippen LogP contribution in [-0.2, 0) is 4.74 Å². The Morgan fingerprint density at radius 2 is 2.36 bits per heavy atom. The number of hydrogen-bond acceptors (Lipinski definition) is 3. The summed E-state index contributed by atoms with van der Waals surface area (Å²) in [5, 5.41) is 3.38. The first-order chi connectivity index (χ1) is 6.76. The highest BCUT2D eigenvalue weighted by Gasteiger charge is 2.18. The molecule has 2 atom stereocenters. The second kappa shape index (κ2) is 6.38. The van der Waals surface area contributed by atoms with Crippen molar-refractivity contribution in [1.29, 1.82) is 0 Å². The summed E-state index contributed by atoms with van der Waals surface area (Å²) in [5.74, 6) is 0. The number of morpholine rings is 1. The van der Waals surface area contributed by atoms with Gasteiger partial charge in [-0.25, -0.2) is 0 Å². The van der Waals surface area contributed by atoms with Gasteiger partial charge in [0.25, 0.3) is 0 Å².